The lowest BCUT2D eigenvalue weighted by molar-refractivity contribution is 0.590. The van der Waals surface area contributed by atoms with Crippen LogP contribution in [0.15, 0.2) is 290 Å². The third-order valence-corrected chi connectivity index (χ3v) is 17.4. The first-order valence-corrected chi connectivity index (χ1v) is 28.6. The van der Waals surface area contributed by atoms with Gasteiger partial charge in [0.05, 0.1) is 96.6 Å². The Balaban J connectivity index is 1.07. The number of anilines is 6. The normalized spacial score (nSPS) is 17.8. The summed E-state index contributed by atoms with van der Waals surface area (Å²) in [6, 6.07) is 9.45. The van der Waals surface area contributed by atoms with E-state index in [0.29, 0.717) is 5.56 Å². The summed E-state index contributed by atoms with van der Waals surface area (Å²) in [5.74, 6) is 0. The number of hydrogen-bond donors (Lipinski definition) is 0. The molecule has 0 saturated heterocycles. The standard InChI is InChI=1S/C82H57BN6/c1-82(2,3)52-48-77-79-78(49-52)89(74-43-23-35-64-62-33-15-21-41-72(62)87(81(64)74)54-26-8-5-9-27-54)76-51-56(85-69-38-18-12-30-59(69)60-31-13-19-39-70(60)85)45-47-66(76)83(79)65-46-44-55(84-67-36-16-10-28-57(67)58-29-11-17-37-68(58)84)50-75(65)88(77)73-42-22-34-63-61-32-14-20-40-71(61)86(80(63)73)53-24-6-4-7-25-53/h4-51H,1-3H3/i10D,11D,12D,13D,14D,15D,16D,17D,18D,19D,20D,21D,22D,23D,28D,29D,30D,31D,32D,33D,34D,35D,36D,37D,38D,39D,40D,41D,42D,43D. The van der Waals surface area contributed by atoms with Crippen molar-refractivity contribution < 1.29 is 41.1 Å². The smallest absolute Gasteiger partial charge is 0.252 e. The van der Waals surface area contributed by atoms with E-state index in [1.807, 2.05) is 20.8 Å². The SMILES string of the molecule is [2H]c1c([2H])c([2H])c2c(c1[2H])c1c([2H])c([2H])c([2H])c([2H])c1n2-c1ccc2c(c1)N(c1c([2H])c([2H])c([2H])c3c4c([2H])c([2H])c([2H])c([2H])c4n(-c4ccccc4)c13)c1cc(C(C)(C)C)cc3c1B2c1ccc(-n2c4c([2H])c([2H])c([2H])c([2H])c4c4c([2H])c([2H])c([2H])c([2H])c42)cc1N3c1c([2H])c([2H])c([2H])c2c3c([2H])c([2H])c([2H])c([2H])c3n(-c3ccccc3)c12. The second kappa shape index (κ2) is 18.6. The monoisotopic (exact) mass is 1170 g/mol. The molecule has 0 bridgehead atoms. The predicted molar refractivity (Wildman–Crippen MR) is 377 cm³/mol. The molecule has 13 aromatic carbocycles. The molecule has 2 aliphatic rings. The molecule has 2 aliphatic heterocycles. The fourth-order valence-corrected chi connectivity index (χ4v) is 13.6. The molecule has 19 rings (SSSR count). The van der Waals surface area contributed by atoms with Crippen molar-refractivity contribution in [1.82, 2.24) is 18.3 Å². The molecule has 0 saturated carbocycles. The lowest BCUT2D eigenvalue weighted by Gasteiger charge is -2.45. The molecule has 0 spiro atoms. The van der Waals surface area contributed by atoms with Gasteiger partial charge in [-0.1, -0.05) is 202 Å². The van der Waals surface area contributed by atoms with Crippen LogP contribution >= 0.6 is 0 Å². The zero-order valence-corrected chi connectivity index (χ0v) is 47.2. The highest BCUT2D eigenvalue weighted by Gasteiger charge is 2.46. The van der Waals surface area contributed by atoms with E-state index in [1.165, 1.54) is 30.4 Å². The van der Waals surface area contributed by atoms with Crippen LogP contribution in [0.3, 0.4) is 0 Å². The van der Waals surface area contributed by atoms with Crippen LogP contribution in [-0.2, 0) is 5.41 Å². The second-order valence-electron chi connectivity index (χ2n) is 23.0. The lowest BCUT2D eigenvalue weighted by Crippen LogP contribution is -2.61. The molecule has 0 fully saturated rings. The van der Waals surface area contributed by atoms with Gasteiger partial charge in [-0.15, -0.1) is 0 Å². The molecule has 0 N–H and O–H groups in total. The van der Waals surface area contributed by atoms with Gasteiger partial charge >= 0.3 is 0 Å². The molecule has 0 aliphatic carbocycles. The van der Waals surface area contributed by atoms with Crippen molar-refractivity contribution in [2.75, 3.05) is 9.80 Å². The third kappa shape index (κ3) is 7.04. The molecule has 0 unspecified atom stereocenters. The first kappa shape index (κ1) is 28.9. The van der Waals surface area contributed by atoms with Crippen LogP contribution in [0.1, 0.15) is 67.5 Å². The Labute approximate surface area is 557 Å². The van der Waals surface area contributed by atoms with Crippen LogP contribution in [-0.4, -0.2) is 25.0 Å². The summed E-state index contributed by atoms with van der Waals surface area (Å²) in [5.41, 5.74) is -1.48. The van der Waals surface area contributed by atoms with Gasteiger partial charge in [0.1, 0.15) is 0 Å². The largest absolute Gasteiger partial charge is 0.309 e. The second-order valence-corrected chi connectivity index (χ2v) is 23.0. The third-order valence-electron chi connectivity index (χ3n) is 17.4. The molecular formula is C82H57BN6. The Bertz CT molecular complexity index is 7090. The first-order valence-electron chi connectivity index (χ1n) is 43.6. The number of rotatable bonds is 6. The lowest BCUT2D eigenvalue weighted by atomic mass is 9.33. The fraction of sp³-hybridized carbons (Fsp3) is 0.0488. The minimum absolute atomic E-state index is 0.0334. The summed E-state index contributed by atoms with van der Waals surface area (Å²) in [7, 11) is 0. The van der Waals surface area contributed by atoms with Gasteiger partial charge in [-0.05, 0) is 136 Å². The van der Waals surface area contributed by atoms with E-state index in [2.05, 4.69) is 0 Å². The quantitative estimate of drug-likeness (QED) is 0.155. The number of fused-ring (bicyclic) bond motifs is 16. The highest BCUT2D eigenvalue weighted by molar-refractivity contribution is 7.00. The minimum atomic E-state index is -1.26. The predicted octanol–water partition coefficient (Wildman–Crippen LogP) is 19.5. The van der Waals surface area contributed by atoms with Gasteiger partial charge in [0.15, 0.2) is 0 Å². The van der Waals surface area contributed by atoms with Crippen LogP contribution < -0.4 is 26.2 Å². The van der Waals surface area contributed by atoms with E-state index < -0.39 is 193 Å². The molecule has 4 aromatic heterocycles. The maximum Gasteiger partial charge on any atom is 0.252 e. The minimum Gasteiger partial charge on any atom is -0.309 e. The maximum absolute atomic E-state index is 10.8. The summed E-state index contributed by atoms with van der Waals surface area (Å²) in [5, 5.41) is -1.98. The van der Waals surface area contributed by atoms with Gasteiger partial charge in [0.25, 0.3) is 6.71 Å². The summed E-state index contributed by atoms with van der Waals surface area (Å²) >= 11 is 0. The van der Waals surface area contributed by atoms with Gasteiger partial charge in [-0.2, -0.15) is 0 Å². The van der Waals surface area contributed by atoms with Crippen molar-refractivity contribution in [2.45, 2.75) is 26.2 Å². The van der Waals surface area contributed by atoms with E-state index in [9.17, 15) is 35.6 Å². The zero-order chi connectivity index (χ0) is 84.9. The maximum atomic E-state index is 10.8. The average molecular weight is 1170 g/mol. The molecule has 17 aromatic rings. The topological polar surface area (TPSA) is 26.2 Å². The first-order chi connectivity index (χ1) is 56.3. The molecule has 418 valence electrons. The van der Waals surface area contributed by atoms with Crippen molar-refractivity contribution in [3.8, 4) is 22.7 Å². The average Bonchev–Trinajstić information content (AvgIpc) is 1.67. The Hall–Kier alpha value is -11.3. The summed E-state index contributed by atoms with van der Waals surface area (Å²) in [6.45, 7) is 4.36. The van der Waals surface area contributed by atoms with Gasteiger partial charge < -0.3 is 28.1 Å². The van der Waals surface area contributed by atoms with Crippen LogP contribution in [0.4, 0.5) is 34.1 Å². The number of hydrogen-bond acceptors (Lipinski definition) is 2. The zero-order valence-electron chi connectivity index (χ0n) is 77.2. The van der Waals surface area contributed by atoms with E-state index in [0.717, 1.165) is 0 Å². The number of aromatic nitrogens is 4. The highest BCUT2D eigenvalue weighted by atomic mass is 15.2. The van der Waals surface area contributed by atoms with Gasteiger partial charge in [0.2, 0.25) is 0 Å². The van der Waals surface area contributed by atoms with Gasteiger partial charge in [0, 0.05) is 88.6 Å². The summed E-state index contributed by atoms with van der Waals surface area (Å²) < 4.78 is 293. The molecule has 6 nitrogen and oxygen atoms in total. The fourth-order valence-electron chi connectivity index (χ4n) is 13.6. The van der Waals surface area contributed by atoms with Gasteiger partial charge in [-0.3, -0.25) is 0 Å². The molecule has 89 heavy (non-hydrogen) atoms. The molecular weight excluding hydrogens is 1080 g/mol. The van der Waals surface area contributed by atoms with E-state index in [4.69, 9.17) is 5.48 Å². The Morgan fingerprint density at radius 3 is 0.978 bits per heavy atom. The van der Waals surface area contributed by atoms with E-state index in [1.54, 1.807) is 107 Å². The Kier molecular flexibility index (Phi) is 6.06. The van der Waals surface area contributed by atoms with Crippen molar-refractivity contribution in [3.05, 3.63) is 296 Å². The van der Waals surface area contributed by atoms with Crippen molar-refractivity contribution in [2.24, 2.45) is 0 Å². The van der Waals surface area contributed by atoms with Crippen LogP contribution in [0.2, 0.25) is 0 Å². The van der Waals surface area contributed by atoms with Crippen LogP contribution in [0.5, 0.6) is 0 Å². The van der Waals surface area contributed by atoms with Crippen LogP contribution in [0.25, 0.3) is 110 Å². The molecule has 0 atom stereocenters. The molecule has 7 heteroatoms. The van der Waals surface area contributed by atoms with E-state index in [-0.39, 0.29) is 160 Å². The Morgan fingerprint density at radius 2 is 0.618 bits per heavy atom. The van der Waals surface area contributed by atoms with E-state index >= 15 is 0 Å². The number of nitrogens with zero attached hydrogens (tertiary/aromatic N) is 6. The Morgan fingerprint density at radius 1 is 0.292 bits per heavy atom. The van der Waals surface area contributed by atoms with Crippen molar-refractivity contribution >= 4 is 144 Å². The summed E-state index contributed by atoms with van der Waals surface area (Å²) in [4.78, 5) is 3.19. The number of benzene rings is 13. The van der Waals surface area contributed by atoms with Crippen LogP contribution in [0, 0.1) is 0 Å². The molecule has 0 radical (unpaired) electrons. The van der Waals surface area contributed by atoms with Crippen molar-refractivity contribution in [3.63, 3.8) is 0 Å². The highest BCUT2D eigenvalue weighted by Crippen LogP contribution is 2.52. The number of para-hydroxylation sites is 10. The molecule has 0 amide bonds. The molecule has 6 heterocycles. The van der Waals surface area contributed by atoms with Crippen molar-refractivity contribution in [1.29, 1.82) is 0 Å². The van der Waals surface area contributed by atoms with Gasteiger partial charge in [-0.25, -0.2) is 0 Å². The summed E-state index contributed by atoms with van der Waals surface area (Å²) in [6.07, 6.45) is 0.